The second kappa shape index (κ2) is 7.78. The Morgan fingerprint density at radius 3 is 3.00 bits per heavy atom. The lowest BCUT2D eigenvalue weighted by Gasteiger charge is -2.07. The summed E-state index contributed by atoms with van der Waals surface area (Å²) in [6.45, 7) is 0.499. The van der Waals surface area contributed by atoms with Gasteiger partial charge in [-0.25, -0.2) is 0 Å². The number of hydrogen-bond donors (Lipinski definition) is 2. The summed E-state index contributed by atoms with van der Waals surface area (Å²) in [5, 5.41) is 8.64. The second-order valence-corrected chi connectivity index (χ2v) is 3.42. The number of nitrogens with one attached hydrogen (secondary N) is 1. The van der Waals surface area contributed by atoms with Crippen molar-refractivity contribution in [3.05, 3.63) is 45.9 Å². The van der Waals surface area contributed by atoms with Crippen molar-refractivity contribution in [1.29, 1.82) is 0 Å². The minimum absolute atomic E-state index is 0.0275. The predicted molar refractivity (Wildman–Crippen MR) is 63.7 cm³/mol. The monoisotopic (exact) mass is 239 g/mol. The normalized spacial score (nSPS) is 11.2. The van der Waals surface area contributed by atoms with Crippen molar-refractivity contribution >= 4 is 0 Å². The fraction of sp³-hybridized carbons (Fsp3) is 0.417. The van der Waals surface area contributed by atoms with Crippen LogP contribution in [0.3, 0.4) is 0 Å². The Kier molecular flexibility index (Phi) is 6.24. The first-order valence-electron chi connectivity index (χ1n) is 5.31. The number of rotatable bonds is 7. The van der Waals surface area contributed by atoms with E-state index < -0.39 is 0 Å². The Hall–Kier alpha value is -1.43. The van der Waals surface area contributed by atoms with Crippen LogP contribution in [0.5, 0.6) is 0 Å². The van der Waals surface area contributed by atoms with Crippen LogP contribution in [0.2, 0.25) is 0 Å². The topological polar surface area (TPSA) is 71.5 Å². The first-order chi connectivity index (χ1) is 8.29. The Morgan fingerprint density at radius 2 is 2.29 bits per heavy atom. The summed E-state index contributed by atoms with van der Waals surface area (Å²) in [7, 11) is 1.54. The van der Waals surface area contributed by atoms with Gasteiger partial charge in [0, 0.05) is 18.9 Å². The predicted octanol–water partition coefficient (Wildman–Crippen LogP) is 0.586. The number of aliphatic hydroxyl groups excluding tert-OH is 1. The zero-order chi connectivity index (χ0) is 12.5. The molecule has 0 spiro atoms. The number of methoxy groups -OCH3 is 1. The highest BCUT2D eigenvalue weighted by Gasteiger charge is 2.05. The summed E-state index contributed by atoms with van der Waals surface area (Å²) in [6.07, 6.45) is 5.42. The standard InChI is InChI=1S/C12H17NO4/c1-16-9-17-8-10-5-6-13-12(15)11(10)4-2-3-7-14/h2-3,5-6,14H,4,7-9H2,1H3,(H,13,15). The van der Waals surface area contributed by atoms with E-state index in [0.29, 0.717) is 18.6 Å². The molecule has 0 radical (unpaired) electrons. The molecule has 0 bridgehead atoms. The summed E-state index contributed by atoms with van der Waals surface area (Å²) in [5.74, 6) is 0. The van der Waals surface area contributed by atoms with Gasteiger partial charge in [-0.1, -0.05) is 12.2 Å². The van der Waals surface area contributed by atoms with Gasteiger partial charge in [0.15, 0.2) is 0 Å². The fourth-order valence-corrected chi connectivity index (χ4v) is 1.42. The molecule has 0 aliphatic rings. The van der Waals surface area contributed by atoms with Crippen LogP contribution in [0.4, 0.5) is 0 Å². The molecule has 0 aliphatic carbocycles. The SMILES string of the molecule is COCOCc1cc[nH]c(=O)c1CC=CCO. The van der Waals surface area contributed by atoms with Gasteiger partial charge >= 0.3 is 0 Å². The summed E-state index contributed by atoms with van der Waals surface area (Å²) < 4.78 is 10.00. The van der Waals surface area contributed by atoms with Gasteiger partial charge in [0.25, 0.3) is 5.56 Å². The first-order valence-corrected chi connectivity index (χ1v) is 5.31. The Morgan fingerprint density at radius 1 is 1.47 bits per heavy atom. The van der Waals surface area contributed by atoms with Crippen molar-refractivity contribution in [2.45, 2.75) is 13.0 Å². The summed E-state index contributed by atoms with van der Waals surface area (Å²) >= 11 is 0. The molecule has 0 amide bonds. The molecule has 1 rings (SSSR count). The number of aromatic amines is 1. The third kappa shape index (κ3) is 4.52. The second-order valence-electron chi connectivity index (χ2n) is 3.42. The highest BCUT2D eigenvalue weighted by molar-refractivity contribution is 5.25. The minimum atomic E-state index is -0.133. The third-order valence-electron chi connectivity index (χ3n) is 2.21. The van der Waals surface area contributed by atoms with Gasteiger partial charge in [-0.3, -0.25) is 4.79 Å². The van der Waals surface area contributed by atoms with E-state index in [1.54, 1.807) is 31.5 Å². The minimum Gasteiger partial charge on any atom is -0.392 e. The lowest BCUT2D eigenvalue weighted by Crippen LogP contribution is -2.15. The Balaban J connectivity index is 2.77. The first kappa shape index (κ1) is 13.6. The maximum absolute atomic E-state index is 11.6. The molecule has 5 nitrogen and oxygen atoms in total. The number of aromatic nitrogens is 1. The number of ether oxygens (including phenoxy) is 2. The van der Waals surface area contributed by atoms with Gasteiger partial charge in [0.1, 0.15) is 6.79 Å². The van der Waals surface area contributed by atoms with Gasteiger partial charge in [0.2, 0.25) is 0 Å². The molecule has 5 heteroatoms. The number of hydrogen-bond acceptors (Lipinski definition) is 4. The van der Waals surface area contributed by atoms with E-state index in [9.17, 15) is 4.79 Å². The van der Waals surface area contributed by atoms with Crippen molar-refractivity contribution in [2.24, 2.45) is 0 Å². The fourth-order valence-electron chi connectivity index (χ4n) is 1.42. The molecule has 0 atom stereocenters. The van der Waals surface area contributed by atoms with Gasteiger partial charge in [-0.2, -0.15) is 0 Å². The van der Waals surface area contributed by atoms with Crippen molar-refractivity contribution in [1.82, 2.24) is 4.98 Å². The third-order valence-corrected chi connectivity index (χ3v) is 2.21. The van der Waals surface area contributed by atoms with E-state index in [0.717, 1.165) is 5.56 Å². The maximum atomic E-state index is 11.6. The molecule has 17 heavy (non-hydrogen) atoms. The van der Waals surface area contributed by atoms with Crippen LogP contribution < -0.4 is 5.56 Å². The molecule has 1 aromatic rings. The lowest BCUT2D eigenvalue weighted by atomic mass is 10.1. The summed E-state index contributed by atoms with van der Waals surface area (Å²) in [4.78, 5) is 14.2. The summed E-state index contributed by atoms with van der Waals surface area (Å²) in [6, 6.07) is 1.80. The van der Waals surface area contributed by atoms with Gasteiger partial charge in [0.05, 0.1) is 13.2 Å². The van der Waals surface area contributed by atoms with E-state index in [-0.39, 0.29) is 19.0 Å². The largest absolute Gasteiger partial charge is 0.392 e. The molecule has 94 valence electrons. The van der Waals surface area contributed by atoms with Crippen LogP contribution in [0.15, 0.2) is 29.2 Å². The van der Waals surface area contributed by atoms with Gasteiger partial charge in [-0.15, -0.1) is 0 Å². The average molecular weight is 239 g/mol. The van der Waals surface area contributed by atoms with Crippen LogP contribution in [0.25, 0.3) is 0 Å². The maximum Gasteiger partial charge on any atom is 0.251 e. The number of pyridine rings is 1. The van der Waals surface area contributed by atoms with Crippen LogP contribution in [-0.2, 0) is 22.5 Å². The zero-order valence-electron chi connectivity index (χ0n) is 9.81. The average Bonchev–Trinajstić information content (AvgIpc) is 2.33. The van der Waals surface area contributed by atoms with Gasteiger partial charge < -0.3 is 19.6 Å². The van der Waals surface area contributed by atoms with E-state index in [1.807, 2.05) is 0 Å². The molecule has 0 saturated heterocycles. The van der Waals surface area contributed by atoms with E-state index >= 15 is 0 Å². The Labute approximate surface area is 99.7 Å². The molecular weight excluding hydrogens is 222 g/mol. The number of H-pyrrole nitrogens is 1. The molecular formula is C12H17NO4. The van der Waals surface area contributed by atoms with Crippen molar-refractivity contribution in [3.8, 4) is 0 Å². The van der Waals surface area contributed by atoms with Crippen molar-refractivity contribution in [3.63, 3.8) is 0 Å². The molecule has 0 saturated carbocycles. The van der Waals surface area contributed by atoms with Crippen LogP contribution in [0, 0.1) is 0 Å². The zero-order valence-corrected chi connectivity index (χ0v) is 9.81. The van der Waals surface area contributed by atoms with E-state index in [2.05, 4.69) is 4.98 Å². The molecule has 0 fully saturated rings. The van der Waals surface area contributed by atoms with Crippen molar-refractivity contribution in [2.75, 3.05) is 20.5 Å². The molecule has 1 aromatic heterocycles. The molecule has 1 heterocycles. The van der Waals surface area contributed by atoms with E-state index in [1.165, 1.54) is 0 Å². The molecule has 0 aliphatic heterocycles. The van der Waals surface area contributed by atoms with Crippen LogP contribution in [-0.4, -0.2) is 30.6 Å². The smallest absolute Gasteiger partial charge is 0.251 e. The highest BCUT2D eigenvalue weighted by atomic mass is 16.7. The number of aliphatic hydroxyl groups is 1. The quantitative estimate of drug-likeness (QED) is 0.415. The van der Waals surface area contributed by atoms with E-state index in [4.69, 9.17) is 14.6 Å². The molecule has 0 aromatic carbocycles. The highest BCUT2D eigenvalue weighted by Crippen LogP contribution is 2.06. The van der Waals surface area contributed by atoms with Gasteiger partial charge in [-0.05, 0) is 18.1 Å². The lowest BCUT2D eigenvalue weighted by molar-refractivity contribution is -0.0392. The van der Waals surface area contributed by atoms with Crippen LogP contribution >= 0.6 is 0 Å². The molecule has 0 unspecified atom stereocenters. The van der Waals surface area contributed by atoms with Crippen molar-refractivity contribution < 1.29 is 14.6 Å². The number of allylic oxidation sites excluding steroid dienone is 1. The Bertz CT molecular complexity index is 411. The van der Waals surface area contributed by atoms with Crippen LogP contribution in [0.1, 0.15) is 11.1 Å². The molecule has 2 N–H and O–H groups in total. The summed E-state index contributed by atoms with van der Waals surface area (Å²) in [5.41, 5.74) is 1.34.